The molecule has 2 aromatic carbocycles. The lowest BCUT2D eigenvalue weighted by atomic mass is 9.95. The number of nitrogens with zero attached hydrogens (tertiary/aromatic N) is 1. The highest BCUT2D eigenvalue weighted by Gasteiger charge is 2.32. The molecule has 168 valence electrons. The summed E-state index contributed by atoms with van der Waals surface area (Å²) in [5, 5.41) is 3.16. The van der Waals surface area contributed by atoms with E-state index in [2.05, 4.69) is 11.4 Å². The van der Waals surface area contributed by atoms with Gasteiger partial charge < -0.3 is 5.32 Å². The molecule has 0 unspecified atom stereocenters. The average Bonchev–Trinajstić information content (AvgIpc) is 2.72. The highest BCUT2D eigenvalue weighted by atomic mass is 35.5. The molecule has 8 heteroatoms. The summed E-state index contributed by atoms with van der Waals surface area (Å²) < 4.78 is 40.9. The van der Waals surface area contributed by atoms with Crippen molar-refractivity contribution in [3.63, 3.8) is 0 Å². The minimum Gasteiger partial charge on any atom is -0.349 e. The van der Waals surface area contributed by atoms with Crippen LogP contribution in [-0.2, 0) is 20.6 Å². The van der Waals surface area contributed by atoms with E-state index in [1.807, 2.05) is 32.9 Å². The molecule has 31 heavy (non-hydrogen) atoms. The smallest absolute Gasteiger partial charge is 0.223 e. The van der Waals surface area contributed by atoms with E-state index < -0.39 is 21.6 Å². The molecule has 0 spiro atoms. The maximum Gasteiger partial charge on any atom is 0.223 e. The van der Waals surface area contributed by atoms with E-state index in [4.69, 9.17) is 11.6 Å². The van der Waals surface area contributed by atoms with Crippen LogP contribution in [0, 0.1) is 25.6 Å². The Kier molecular flexibility index (Phi) is 7.39. The molecule has 1 aliphatic rings. The fourth-order valence-electron chi connectivity index (χ4n) is 3.98. The number of nitrogens with one attached hydrogen (secondary N) is 1. The van der Waals surface area contributed by atoms with Gasteiger partial charge >= 0.3 is 0 Å². The number of carbonyl (C=O) groups excluding carboxylic acids is 1. The van der Waals surface area contributed by atoms with Crippen LogP contribution in [0.5, 0.6) is 0 Å². The highest BCUT2D eigenvalue weighted by Crippen LogP contribution is 2.27. The molecule has 5 nitrogen and oxygen atoms in total. The van der Waals surface area contributed by atoms with E-state index in [0.717, 1.165) is 16.7 Å². The molecule has 1 aliphatic heterocycles. The van der Waals surface area contributed by atoms with Crippen molar-refractivity contribution >= 4 is 27.5 Å². The second-order valence-electron chi connectivity index (χ2n) is 8.22. The van der Waals surface area contributed by atoms with Crippen LogP contribution >= 0.6 is 11.6 Å². The Balaban J connectivity index is 1.59. The van der Waals surface area contributed by atoms with Crippen LogP contribution in [-0.4, -0.2) is 31.7 Å². The van der Waals surface area contributed by atoms with Crippen LogP contribution in [0.2, 0.25) is 5.02 Å². The second kappa shape index (κ2) is 9.67. The number of halogens is 2. The quantitative estimate of drug-likeness (QED) is 0.680. The first kappa shape index (κ1) is 23.7. The largest absolute Gasteiger partial charge is 0.349 e. The molecule has 0 aliphatic carbocycles. The lowest BCUT2D eigenvalue weighted by Gasteiger charge is -2.31. The Bertz CT molecular complexity index is 1050. The van der Waals surface area contributed by atoms with Crippen LogP contribution < -0.4 is 5.32 Å². The molecule has 0 bridgehead atoms. The Hall–Kier alpha value is -1.96. The fraction of sp³-hybridized carbons (Fsp3) is 0.435. The summed E-state index contributed by atoms with van der Waals surface area (Å²) in [6.07, 6.45) is 0.852. The summed E-state index contributed by atoms with van der Waals surface area (Å²) in [5.74, 6) is -1.44. The Labute approximate surface area is 188 Å². The molecule has 1 saturated heterocycles. The van der Waals surface area contributed by atoms with Crippen LogP contribution in [0.4, 0.5) is 4.39 Å². The molecular formula is C23H28ClFN2O3S. The molecule has 2 aromatic rings. The van der Waals surface area contributed by atoms with Gasteiger partial charge in [-0.2, -0.15) is 0 Å². The van der Waals surface area contributed by atoms with Gasteiger partial charge in [0.15, 0.2) is 0 Å². The third kappa shape index (κ3) is 5.64. The van der Waals surface area contributed by atoms with Crippen LogP contribution in [0.25, 0.3) is 0 Å². The Morgan fingerprint density at radius 3 is 2.55 bits per heavy atom. The number of hydrogen-bond acceptors (Lipinski definition) is 3. The number of carbonyl (C=O) groups is 1. The predicted molar refractivity (Wildman–Crippen MR) is 121 cm³/mol. The van der Waals surface area contributed by atoms with Crippen molar-refractivity contribution < 1.29 is 17.6 Å². The van der Waals surface area contributed by atoms with Gasteiger partial charge in [0.25, 0.3) is 0 Å². The number of piperidine rings is 1. The summed E-state index contributed by atoms with van der Waals surface area (Å²) in [6.45, 7) is 6.44. The predicted octanol–water partition coefficient (Wildman–Crippen LogP) is 4.52. The number of benzene rings is 2. The van der Waals surface area contributed by atoms with Crippen molar-refractivity contribution in [2.45, 2.75) is 45.4 Å². The lowest BCUT2D eigenvalue weighted by Crippen LogP contribution is -2.43. The van der Waals surface area contributed by atoms with E-state index in [9.17, 15) is 17.6 Å². The molecule has 1 heterocycles. The Morgan fingerprint density at radius 2 is 1.90 bits per heavy atom. The van der Waals surface area contributed by atoms with Crippen LogP contribution in [0.1, 0.15) is 48.1 Å². The van der Waals surface area contributed by atoms with Gasteiger partial charge in [-0.3, -0.25) is 4.79 Å². The Morgan fingerprint density at radius 1 is 1.23 bits per heavy atom. The van der Waals surface area contributed by atoms with Crippen molar-refractivity contribution in [2.75, 3.05) is 13.1 Å². The molecule has 0 aromatic heterocycles. The summed E-state index contributed by atoms with van der Waals surface area (Å²) in [4.78, 5) is 12.8. The first-order chi connectivity index (χ1) is 14.6. The molecule has 1 N–H and O–H groups in total. The molecule has 1 atom stereocenters. The topological polar surface area (TPSA) is 66.5 Å². The van der Waals surface area contributed by atoms with Gasteiger partial charge in [0.05, 0.1) is 11.8 Å². The molecule has 1 amide bonds. The van der Waals surface area contributed by atoms with Gasteiger partial charge in [0.2, 0.25) is 15.9 Å². The van der Waals surface area contributed by atoms with Crippen molar-refractivity contribution in [2.24, 2.45) is 5.92 Å². The second-order valence-corrected chi connectivity index (χ2v) is 10.6. The van der Waals surface area contributed by atoms with Crippen LogP contribution in [0.15, 0.2) is 36.4 Å². The monoisotopic (exact) mass is 466 g/mol. The van der Waals surface area contributed by atoms with Gasteiger partial charge in [-0.1, -0.05) is 41.4 Å². The summed E-state index contributed by atoms with van der Waals surface area (Å²) >= 11 is 5.98. The van der Waals surface area contributed by atoms with Crippen molar-refractivity contribution in [1.29, 1.82) is 0 Å². The number of aryl methyl sites for hydroxylation is 2. The van der Waals surface area contributed by atoms with E-state index in [1.165, 1.54) is 22.5 Å². The number of sulfonamides is 1. The maximum atomic E-state index is 14.0. The van der Waals surface area contributed by atoms with Crippen molar-refractivity contribution in [1.82, 2.24) is 9.62 Å². The molecule has 0 radical (unpaired) electrons. The normalized spacial score (nSPS) is 16.8. The maximum absolute atomic E-state index is 14.0. The molecule has 1 fully saturated rings. The zero-order valence-electron chi connectivity index (χ0n) is 18.0. The summed E-state index contributed by atoms with van der Waals surface area (Å²) in [5.41, 5.74) is 3.31. The minimum atomic E-state index is -3.73. The van der Waals surface area contributed by atoms with E-state index in [1.54, 1.807) is 0 Å². The number of hydrogen-bond donors (Lipinski definition) is 1. The standard InChI is InChI=1S/C23H28ClFN2O3S/c1-15-7-8-16(2)19(13-15)17(3)26-23(28)18-9-11-27(12-10-18)31(29,30)14-20-21(24)5-4-6-22(20)25/h4-8,13,17-18H,9-12,14H2,1-3H3,(H,26,28)/t17-/m1/s1. The number of amides is 1. The third-order valence-electron chi connectivity index (χ3n) is 5.87. The van der Waals surface area contributed by atoms with Gasteiger partial charge in [-0.15, -0.1) is 0 Å². The van der Waals surface area contributed by atoms with Gasteiger partial charge in [-0.25, -0.2) is 17.1 Å². The van der Waals surface area contributed by atoms with E-state index in [-0.39, 0.29) is 41.5 Å². The van der Waals surface area contributed by atoms with Crippen LogP contribution in [0.3, 0.4) is 0 Å². The van der Waals surface area contributed by atoms with Gasteiger partial charge in [-0.05, 0) is 56.9 Å². The summed E-state index contributed by atoms with van der Waals surface area (Å²) in [6, 6.07) is 10.1. The van der Waals surface area contributed by atoms with E-state index >= 15 is 0 Å². The molecule has 3 rings (SSSR count). The highest BCUT2D eigenvalue weighted by molar-refractivity contribution is 7.88. The first-order valence-electron chi connectivity index (χ1n) is 10.4. The summed E-state index contributed by atoms with van der Waals surface area (Å²) in [7, 11) is -3.73. The van der Waals surface area contributed by atoms with Crippen molar-refractivity contribution in [3.8, 4) is 0 Å². The molecular weight excluding hydrogens is 439 g/mol. The SMILES string of the molecule is Cc1ccc(C)c([C@@H](C)NC(=O)C2CCN(S(=O)(=O)Cc3c(F)cccc3Cl)CC2)c1. The third-order valence-corrected chi connectivity index (χ3v) is 8.03. The fourth-order valence-corrected chi connectivity index (χ4v) is 5.89. The first-order valence-corrected chi connectivity index (χ1v) is 12.4. The van der Waals surface area contributed by atoms with Gasteiger partial charge in [0.1, 0.15) is 5.82 Å². The molecule has 0 saturated carbocycles. The van der Waals surface area contributed by atoms with Gasteiger partial charge in [0, 0.05) is 29.6 Å². The zero-order valence-corrected chi connectivity index (χ0v) is 19.6. The van der Waals surface area contributed by atoms with E-state index in [0.29, 0.717) is 12.8 Å². The minimum absolute atomic E-state index is 0.0219. The van der Waals surface area contributed by atoms with Crippen molar-refractivity contribution in [3.05, 3.63) is 69.5 Å². The lowest BCUT2D eigenvalue weighted by molar-refractivity contribution is -0.126. The number of rotatable bonds is 6. The zero-order chi connectivity index (χ0) is 22.8. The average molecular weight is 467 g/mol.